The Morgan fingerprint density at radius 1 is 1.09 bits per heavy atom. The lowest BCUT2D eigenvalue weighted by Crippen LogP contribution is -2.38. The largest absolute Gasteiger partial charge is 0.463 e. The van der Waals surface area contributed by atoms with Gasteiger partial charge in [-0.3, -0.25) is 9.69 Å². The molecule has 2 saturated heterocycles. The summed E-state index contributed by atoms with van der Waals surface area (Å²) in [7, 11) is 0. The van der Waals surface area contributed by atoms with E-state index < -0.39 is 0 Å². The Kier molecular flexibility index (Phi) is 7.58. The summed E-state index contributed by atoms with van der Waals surface area (Å²) in [5, 5.41) is 16.1. The Balaban J connectivity index is 1.12. The number of carbonyl (C=O) groups excluding carboxylic acids is 1. The van der Waals surface area contributed by atoms with Crippen LogP contribution in [0.1, 0.15) is 56.4 Å². The zero-order valence-corrected chi connectivity index (χ0v) is 20.5. The second-order valence-corrected chi connectivity index (χ2v) is 9.35. The topological polar surface area (TPSA) is 101 Å². The SMILES string of the molecule is CCC1CCCCN1Cc1ccc(CNC(=O)CCc2nnc3ccc(N4CCOCC4)nn23)o1. The molecule has 35 heavy (non-hydrogen) atoms. The first-order chi connectivity index (χ1) is 17.2. The van der Waals surface area contributed by atoms with Crippen LogP contribution in [0.4, 0.5) is 5.82 Å². The summed E-state index contributed by atoms with van der Waals surface area (Å²) >= 11 is 0. The molecular formula is C25H35N7O3. The number of furan rings is 1. The van der Waals surface area contributed by atoms with Crippen molar-refractivity contribution >= 4 is 17.4 Å². The molecule has 5 rings (SSSR count). The average Bonchev–Trinajstić information content (AvgIpc) is 3.53. The van der Waals surface area contributed by atoms with Gasteiger partial charge >= 0.3 is 0 Å². The van der Waals surface area contributed by atoms with Crippen LogP contribution in [0.5, 0.6) is 0 Å². The zero-order valence-electron chi connectivity index (χ0n) is 20.5. The number of nitrogens with zero attached hydrogens (tertiary/aromatic N) is 6. The van der Waals surface area contributed by atoms with Crippen molar-refractivity contribution in [1.29, 1.82) is 0 Å². The van der Waals surface area contributed by atoms with E-state index in [9.17, 15) is 4.79 Å². The Morgan fingerprint density at radius 3 is 2.80 bits per heavy atom. The smallest absolute Gasteiger partial charge is 0.220 e. The highest BCUT2D eigenvalue weighted by Crippen LogP contribution is 2.22. The van der Waals surface area contributed by atoms with E-state index in [1.165, 1.54) is 25.7 Å². The summed E-state index contributed by atoms with van der Waals surface area (Å²) in [4.78, 5) is 17.2. The van der Waals surface area contributed by atoms with Gasteiger partial charge < -0.3 is 19.4 Å². The van der Waals surface area contributed by atoms with E-state index in [1.807, 2.05) is 24.3 Å². The summed E-state index contributed by atoms with van der Waals surface area (Å²) in [5.74, 6) is 3.24. The van der Waals surface area contributed by atoms with Gasteiger partial charge in [-0.25, -0.2) is 0 Å². The van der Waals surface area contributed by atoms with E-state index in [-0.39, 0.29) is 5.91 Å². The summed E-state index contributed by atoms with van der Waals surface area (Å²) in [6.45, 7) is 7.63. The van der Waals surface area contributed by atoms with Gasteiger partial charge in [0.2, 0.25) is 5.91 Å². The van der Waals surface area contributed by atoms with Gasteiger partial charge in [-0.2, -0.15) is 4.52 Å². The fourth-order valence-electron chi connectivity index (χ4n) is 4.97. The maximum Gasteiger partial charge on any atom is 0.220 e. The van der Waals surface area contributed by atoms with Crippen LogP contribution in [-0.4, -0.2) is 69.5 Å². The molecule has 10 nitrogen and oxygen atoms in total. The second kappa shape index (κ2) is 11.2. The van der Waals surface area contributed by atoms with Gasteiger partial charge in [-0.15, -0.1) is 15.3 Å². The first-order valence-corrected chi connectivity index (χ1v) is 12.8. The van der Waals surface area contributed by atoms with Gasteiger partial charge in [-0.05, 0) is 50.1 Å². The Labute approximate surface area is 205 Å². The highest BCUT2D eigenvalue weighted by atomic mass is 16.5. The molecule has 1 N–H and O–H groups in total. The lowest BCUT2D eigenvalue weighted by Gasteiger charge is -2.34. The Bertz CT molecular complexity index is 1120. The lowest BCUT2D eigenvalue weighted by atomic mass is 10.00. The number of likely N-dealkylation sites (tertiary alicyclic amines) is 1. The minimum absolute atomic E-state index is 0.0499. The minimum atomic E-state index is -0.0499. The number of anilines is 1. The Morgan fingerprint density at radius 2 is 1.94 bits per heavy atom. The summed E-state index contributed by atoms with van der Waals surface area (Å²) in [6, 6.07) is 8.50. The maximum absolute atomic E-state index is 12.5. The van der Waals surface area contributed by atoms with E-state index in [1.54, 1.807) is 4.52 Å². The molecule has 0 aliphatic carbocycles. The van der Waals surface area contributed by atoms with Gasteiger partial charge in [0.05, 0.1) is 26.3 Å². The molecular weight excluding hydrogens is 446 g/mol. The third kappa shape index (κ3) is 5.82. The number of carbonyl (C=O) groups is 1. The molecule has 0 radical (unpaired) electrons. The third-order valence-corrected chi connectivity index (χ3v) is 6.98. The number of rotatable bonds is 9. The molecule has 0 spiro atoms. The molecule has 0 aromatic carbocycles. The molecule has 3 aromatic heterocycles. The number of ether oxygens (including phenoxy) is 1. The molecule has 1 amide bonds. The number of morpholine rings is 1. The van der Waals surface area contributed by atoms with E-state index in [0.717, 1.165) is 43.5 Å². The Hall–Kier alpha value is -2.98. The molecule has 1 unspecified atom stereocenters. The molecule has 0 bridgehead atoms. The molecule has 3 aromatic rings. The number of hydrogen-bond acceptors (Lipinski definition) is 8. The van der Waals surface area contributed by atoms with Gasteiger partial charge in [-0.1, -0.05) is 13.3 Å². The van der Waals surface area contributed by atoms with E-state index in [0.29, 0.717) is 50.1 Å². The molecule has 10 heteroatoms. The first-order valence-electron chi connectivity index (χ1n) is 12.8. The summed E-state index contributed by atoms with van der Waals surface area (Å²) in [5.41, 5.74) is 0.680. The van der Waals surface area contributed by atoms with Crippen molar-refractivity contribution in [2.75, 3.05) is 37.7 Å². The first kappa shape index (κ1) is 23.7. The van der Waals surface area contributed by atoms with E-state index in [4.69, 9.17) is 14.3 Å². The predicted molar refractivity (Wildman–Crippen MR) is 131 cm³/mol. The van der Waals surface area contributed by atoms with Crippen LogP contribution < -0.4 is 10.2 Å². The normalized spacial score (nSPS) is 19.3. The van der Waals surface area contributed by atoms with Crippen LogP contribution >= 0.6 is 0 Å². The van der Waals surface area contributed by atoms with Crippen LogP contribution in [0.25, 0.3) is 5.65 Å². The van der Waals surface area contributed by atoms with Crippen molar-refractivity contribution in [3.05, 3.63) is 41.6 Å². The van der Waals surface area contributed by atoms with Gasteiger partial charge in [0, 0.05) is 32.0 Å². The number of amides is 1. The minimum Gasteiger partial charge on any atom is -0.463 e. The predicted octanol–water partition coefficient (Wildman–Crippen LogP) is 2.57. The highest BCUT2D eigenvalue weighted by Gasteiger charge is 2.22. The van der Waals surface area contributed by atoms with Crippen LogP contribution in [0.15, 0.2) is 28.7 Å². The van der Waals surface area contributed by atoms with Crippen molar-refractivity contribution < 1.29 is 13.9 Å². The van der Waals surface area contributed by atoms with Crippen LogP contribution in [-0.2, 0) is 29.0 Å². The van der Waals surface area contributed by atoms with Crippen molar-refractivity contribution in [2.24, 2.45) is 0 Å². The van der Waals surface area contributed by atoms with E-state index in [2.05, 4.69) is 32.2 Å². The molecule has 188 valence electrons. The number of aryl methyl sites for hydroxylation is 1. The molecule has 0 saturated carbocycles. The molecule has 2 aliphatic heterocycles. The molecule has 1 atom stereocenters. The fraction of sp³-hybridized carbons (Fsp3) is 0.600. The average molecular weight is 482 g/mol. The summed E-state index contributed by atoms with van der Waals surface area (Å²) in [6.07, 6.45) is 5.79. The van der Waals surface area contributed by atoms with Crippen molar-refractivity contribution in [3.8, 4) is 0 Å². The van der Waals surface area contributed by atoms with E-state index >= 15 is 0 Å². The summed E-state index contributed by atoms with van der Waals surface area (Å²) < 4.78 is 13.2. The van der Waals surface area contributed by atoms with Crippen molar-refractivity contribution in [1.82, 2.24) is 30.0 Å². The molecule has 2 fully saturated rings. The van der Waals surface area contributed by atoms with Crippen LogP contribution in [0.3, 0.4) is 0 Å². The number of nitrogens with one attached hydrogen (secondary N) is 1. The number of fused-ring (bicyclic) bond motifs is 1. The van der Waals surface area contributed by atoms with Crippen LogP contribution in [0.2, 0.25) is 0 Å². The zero-order chi connectivity index (χ0) is 24.0. The molecule has 5 heterocycles. The number of hydrogen-bond donors (Lipinski definition) is 1. The van der Waals surface area contributed by atoms with Gasteiger partial charge in [0.1, 0.15) is 17.3 Å². The monoisotopic (exact) mass is 481 g/mol. The van der Waals surface area contributed by atoms with Crippen molar-refractivity contribution in [2.45, 2.75) is 64.6 Å². The van der Waals surface area contributed by atoms with Crippen molar-refractivity contribution in [3.63, 3.8) is 0 Å². The van der Waals surface area contributed by atoms with Gasteiger partial charge in [0.25, 0.3) is 0 Å². The molecule has 2 aliphatic rings. The van der Waals surface area contributed by atoms with Crippen LogP contribution in [0, 0.1) is 0 Å². The lowest BCUT2D eigenvalue weighted by molar-refractivity contribution is -0.121. The quantitative estimate of drug-likeness (QED) is 0.498. The highest BCUT2D eigenvalue weighted by molar-refractivity contribution is 5.76. The second-order valence-electron chi connectivity index (χ2n) is 9.35. The maximum atomic E-state index is 12.5. The number of piperidine rings is 1. The number of aromatic nitrogens is 4. The third-order valence-electron chi connectivity index (χ3n) is 6.98. The van der Waals surface area contributed by atoms with Gasteiger partial charge in [0.15, 0.2) is 11.5 Å². The standard InChI is InChI=1S/C25H35N7O3/c1-2-19-5-3-4-12-31(19)18-21-7-6-20(35-21)17-26-25(33)11-10-23-28-27-22-8-9-24(29-32(22)23)30-13-15-34-16-14-30/h6-9,19H,2-5,10-18H2,1H3,(H,26,33). The fourth-order valence-corrected chi connectivity index (χ4v) is 4.97.